The fourth-order valence-corrected chi connectivity index (χ4v) is 2.28. The van der Waals surface area contributed by atoms with Gasteiger partial charge in [-0.15, -0.1) is 0 Å². The lowest BCUT2D eigenvalue weighted by atomic mass is 10.1. The van der Waals surface area contributed by atoms with Crippen LogP contribution in [0.25, 0.3) is 0 Å². The highest BCUT2D eigenvalue weighted by atomic mass is 16.5. The van der Waals surface area contributed by atoms with E-state index < -0.39 is 11.8 Å². The van der Waals surface area contributed by atoms with Gasteiger partial charge in [-0.05, 0) is 13.3 Å². The number of Topliss-reactive ketones (excluding diaryl/α,β-unsaturated/α-hetero) is 1. The molecule has 2 N–H and O–H groups in total. The molecule has 0 amide bonds. The van der Waals surface area contributed by atoms with Crippen LogP contribution in [0.15, 0.2) is 12.2 Å². The van der Waals surface area contributed by atoms with Crippen molar-refractivity contribution < 1.29 is 33.3 Å². The Labute approximate surface area is 186 Å². The first-order valence-corrected chi connectivity index (χ1v) is 10.8. The van der Waals surface area contributed by atoms with Crippen molar-refractivity contribution in [3.63, 3.8) is 0 Å². The zero-order chi connectivity index (χ0) is 23.5. The highest BCUT2D eigenvalue weighted by molar-refractivity contribution is 6.32. The van der Waals surface area contributed by atoms with Gasteiger partial charge in [0.15, 0.2) is 0 Å². The van der Waals surface area contributed by atoms with E-state index in [-0.39, 0.29) is 24.4 Å². The molecule has 180 valence electrons. The number of hydrogen-bond donors (Lipinski definition) is 2. The minimum absolute atomic E-state index is 0.115. The Hall–Kier alpha value is -1.81. The van der Waals surface area contributed by atoms with Crippen LogP contribution in [0, 0.1) is 11.8 Å². The zero-order valence-corrected chi connectivity index (χ0v) is 19.5. The lowest BCUT2D eigenvalue weighted by Crippen LogP contribution is -2.30. The van der Waals surface area contributed by atoms with Crippen LogP contribution in [-0.2, 0) is 33.3 Å². The maximum absolute atomic E-state index is 11.4. The van der Waals surface area contributed by atoms with Gasteiger partial charge < -0.3 is 29.6 Å². The highest BCUT2D eigenvalue weighted by Gasteiger charge is 2.11. The first-order valence-electron chi connectivity index (χ1n) is 10.8. The molecule has 0 saturated heterocycles. The standard InChI is InChI=1S/C22H40N2O7/c1-6-20(16-31-21(26)17(2)3)14-24-8-10-29-12-11-28-9-7-23-13-18(4)15-30-22(27)19(5)25/h18,20,23-24H,2,6-16H2,1,3-5H3. The molecule has 0 aliphatic heterocycles. The Kier molecular flexibility index (Phi) is 17.8. The van der Waals surface area contributed by atoms with Crippen molar-refractivity contribution in [2.75, 3.05) is 65.8 Å². The average molecular weight is 445 g/mol. The van der Waals surface area contributed by atoms with Crippen molar-refractivity contribution >= 4 is 17.7 Å². The van der Waals surface area contributed by atoms with Crippen LogP contribution >= 0.6 is 0 Å². The third-order valence-corrected chi connectivity index (χ3v) is 4.31. The normalized spacial score (nSPS) is 12.8. The smallest absolute Gasteiger partial charge is 0.374 e. The van der Waals surface area contributed by atoms with Gasteiger partial charge in [0.2, 0.25) is 5.78 Å². The maximum Gasteiger partial charge on any atom is 0.374 e. The molecular weight excluding hydrogens is 404 g/mol. The molecular formula is C22H40N2O7. The van der Waals surface area contributed by atoms with Crippen molar-refractivity contribution in [1.82, 2.24) is 10.6 Å². The van der Waals surface area contributed by atoms with Gasteiger partial charge in [-0.1, -0.05) is 20.4 Å². The van der Waals surface area contributed by atoms with Crippen LogP contribution in [0.5, 0.6) is 0 Å². The van der Waals surface area contributed by atoms with Gasteiger partial charge >= 0.3 is 11.9 Å². The van der Waals surface area contributed by atoms with Gasteiger partial charge in [0.25, 0.3) is 0 Å². The molecule has 0 saturated carbocycles. The summed E-state index contributed by atoms with van der Waals surface area (Å²) in [4.78, 5) is 33.3. The average Bonchev–Trinajstić information content (AvgIpc) is 2.74. The van der Waals surface area contributed by atoms with E-state index in [1.165, 1.54) is 6.92 Å². The van der Waals surface area contributed by atoms with Gasteiger partial charge in [0.1, 0.15) is 0 Å². The molecule has 0 aliphatic carbocycles. The van der Waals surface area contributed by atoms with E-state index in [4.69, 9.17) is 18.9 Å². The molecule has 0 fully saturated rings. The van der Waals surface area contributed by atoms with E-state index in [9.17, 15) is 14.4 Å². The lowest BCUT2D eigenvalue weighted by Gasteiger charge is -2.16. The Morgan fingerprint density at radius 1 is 0.839 bits per heavy atom. The predicted molar refractivity (Wildman–Crippen MR) is 118 cm³/mol. The van der Waals surface area contributed by atoms with Gasteiger partial charge in [-0.2, -0.15) is 0 Å². The molecule has 0 aromatic carbocycles. The van der Waals surface area contributed by atoms with Crippen LogP contribution < -0.4 is 10.6 Å². The van der Waals surface area contributed by atoms with Gasteiger partial charge in [-0.25, -0.2) is 9.59 Å². The van der Waals surface area contributed by atoms with E-state index in [0.717, 1.165) is 19.5 Å². The summed E-state index contributed by atoms with van der Waals surface area (Å²) >= 11 is 0. The van der Waals surface area contributed by atoms with Crippen LogP contribution in [0.1, 0.15) is 34.1 Å². The fourth-order valence-electron chi connectivity index (χ4n) is 2.28. The number of esters is 2. The Bertz CT molecular complexity index is 540. The van der Waals surface area contributed by atoms with E-state index in [1.54, 1.807) is 6.92 Å². The number of hydrogen-bond acceptors (Lipinski definition) is 9. The molecule has 0 aliphatic rings. The second-order valence-electron chi connectivity index (χ2n) is 7.55. The molecule has 9 nitrogen and oxygen atoms in total. The predicted octanol–water partition coefficient (Wildman–Crippen LogP) is 1.11. The number of nitrogens with one attached hydrogen (secondary N) is 2. The molecule has 0 rings (SSSR count). The number of ketones is 1. The van der Waals surface area contributed by atoms with Gasteiger partial charge in [0, 0.05) is 50.5 Å². The summed E-state index contributed by atoms with van der Waals surface area (Å²) in [5.74, 6) is -1.34. The molecule has 0 spiro atoms. The second-order valence-corrected chi connectivity index (χ2v) is 7.55. The molecule has 0 aromatic heterocycles. The molecule has 2 atom stereocenters. The SMILES string of the molecule is C=C(C)C(=O)OCC(CC)CNCCOCCOCCNCC(C)COC(=O)C(C)=O. The van der Waals surface area contributed by atoms with Gasteiger partial charge in [-0.3, -0.25) is 4.79 Å². The molecule has 31 heavy (non-hydrogen) atoms. The highest BCUT2D eigenvalue weighted by Crippen LogP contribution is 2.03. The summed E-state index contributed by atoms with van der Waals surface area (Å²) in [6.07, 6.45) is 0.918. The second kappa shape index (κ2) is 18.9. The largest absolute Gasteiger partial charge is 0.462 e. The van der Waals surface area contributed by atoms with Crippen molar-refractivity contribution in [2.24, 2.45) is 11.8 Å². The Morgan fingerprint density at radius 3 is 1.90 bits per heavy atom. The summed E-state index contributed by atoms with van der Waals surface area (Å²) in [6, 6.07) is 0. The quantitative estimate of drug-likeness (QED) is 0.123. The summed E-state index contributed by atoms with van der Waals surface area (Å²) in [7, 11) is 0. The summed E-state index contributed by atoms with van der Waals surface area (Å²) in [6.45, 7) is 16.0. The molecule has 0 heterocycles. The van der Waals surface area contributed by atoms with E-state index >= 15 is 0 Å². The Balaban J connectivity index is 3.46. The summed E-state index contributed by atoms with van der Waals surface area (Å²) < 4.78 is 21.1. The minimum atomic E-state index is -0.792. The third kappa shape index (κ3) is 17.6. The fraction of sp³-hybridized carbons (Fsp3) is 0.773. The van der Waals surface area contributed by atoms with Crippen molar-refractivity contribution in [1.29, 1.82) is 0 Å². The monoisotopic (exact) mass is 444 g/mol. The molecule has 0 aromatic rings. The summed E-state index contributed by atoms with van der Waals surface area (Å²) in [5.41, 5.74) is 0.414. The van der Waals surface area contributed by atoms with E-state index in [2.05, 4.69) is 24.1 Å². The summed E-state index contributed by atoms with van der Waals surface area (Å²) in [5, 5.41) is 6.51. The molecule has 0 bridgehead atoms. The number of rotatable bonds is 20. The third-order valence-electron chi connectivity index (χ3n) is 4.31. The number of carbonyl (C=O) groups excluding carboxylic acids is 3. The van der Waals surface area contributed by atoms with Crippen molar-refractivity contribution in [3.8, 4) is 0 Å². The first-order chi connectivity index (χ1) is 14.8. The molecule has 0 radical (unpaired) electrons. The molecule has 2 unspecified atom stereocenters. The Morgan fingerprint density at radius 2 is 1.39 bits per heavy atom. The van der Waals surface area contributed by atoms with Crippen LogP contribution in [0.3, 0.4) is 0 Å². The topological polar surface area (TPSA) is 112 Å². The van der Waals surface area contributed by atoms with Crippen molar-refractivity contribution in [3.05, 3.63) is 12.2 Å². The van der Waals surface area contributed by atoms with Crippen LogP contribution in [-0.4, -0.2) is 83.5 Å². The lowest BCUT2D eigenvalue weighted by molar-refractivity contribution is -0.153. The zero-order valence-electron chi connectivity index (χ0n) is 19.5. The number of carbonyl (C=O) groups is 3. The van der Waals surface area contributed by atoms with Crippen LogP contribution in [0.4, 0.5) is 0 Å². The van der Waals surface area contributed by atoms with Crippen molar-refractivity contribution in [2.45, 2.75) is 34.1 Å². The minimum Gasteiger partial charge on any atom is -0.462 e. The first kappa shape index (κ1) is 29.2. The maximum atomic E-state index is 11.4. The van der Waals surface area contributed by atoms with Crippen LogP contribution in [0.2, 0.25) is 0 Å². The number of ether oxygens (including phenoxy) is 4. The van der Waals surface area contributed by atoms with Gasteiger partial charge in [0.05, 0.1) is 39.6 Å². The van der Waals surface area contributed by atoms with E-state index in [1.807, 2.05) is 6.92 Å². The van der Waals surface area contributed by atoms with E-state index in [0.29, 0.717) is 51.7 Å². The molecule has 9 heteroatoms.